The molecular weight excluding hydrogens is 336 g/mol. The molecule has 0 bridgehead atoms. The molecular formula is C23H30N2O2. The quantitative estimate of drug-likeness (QED) is 0.686. The molecule has 2 heterocycles. The molecule has 0 radical (unpaired) electrons. The zero-order valence-corrected chi connectivity index (χ0v) is 16.9. The summed E-state index contributed by atoms with van der Waals surface area (Å²) in [7, 11) is 1.71. The fourth-order valence-corrected chi connectivity index (χ4v) is 4.11. The molecule has 0 saturated carbocycles. The van der Waals surface area contributed by atoms with Crippen LogP contribution in [0.1, 0.15) is 46.7 Å². The van der Waals surface area contributed by atoms with Gasteiger partial charge in [-0.2, -0.15) is 0 Å². The highest BCUT2D eigenvalue weighted by Crippen LogP contribution is 2.24. The molecule has 0 N–H and O–H groups in total. The third-order valence-electron chi connectivity index (χ3n) is 5.44. The van der Waals surface area contributed by atoms with Crippen LogP contribution in [0.15, 0.2) is 42.5 Å². The summed E-state index contributed by atoms with van der Waals surface area (Å²) in [6.45, 7) is 9.09. The van der Waals surface area contributed by atoms with E-state index in [0.29, 0.717) is 13.2 Å². The van der Waals surface area contributed by atoms with Crippen LogP contribution in [0.25, 0.3) is 5.57 Å². The van der Waals surface area contributed by atoms with Gasteiger partial charge in [-0.1, -0.05) is 36.4 Å². The SMILES string of the molecule is COC[C@@H](C)n1c(C)cc(C(=O)CN2CC=C(c3ccccc3)CC2)c1C. The number of methoxy groups -OCH3 is 1. The Labute approximate surface area is 162 Å². The predicted octanol–water partition coefficient (Wildman–Crippen LogP) is 4.28. The average molecular weight is 367 g/mol. The number of Topliss-reactive ketones (excluding diaryl/α,β-unsaturated/α-hetero) is 1. The first-order chi connectivity index (χ1) is 13.0. The van der Waals surface area contributed by atoms with Crippen molar-refractivity contribution in [2.75, 3.05) is 33.4 Å². The monoisotopic (exact) mass is 366 g/mol. The van der Waals surface area contributed by atoms with Crippen molar-refractivity contribution in [1.29, 1.82) is 0 Å². The topological polar surface area (TPSA) is 34.5 Å². The van der Waals surface area contributed by atoms with Gasteiger partial charge in [-0.15, -0.1) is 0 Å². The molecule has 1 aromatic heterocycles. The summed E-state index contributed by atoms with van der Waals surface area (Å²) >= 11 is 0. The smallest absolute Gasteiger partial charge is 0.178 e. The van der Waals surface area contributed by atoms with Crippen LogP contribution >= 0.6 is 0 Å². The molecule has 0 fully saturated rings. The lowest BCUT2D eigenvalue weighted by Gasteiger charge is -2.26. The maximum absolute atomic E-state index is 12.9. The molecule has 4 nitrogen and oxygen atoms in total. The van der Waals surface area contributed by atoms with E-state index in [1.807, 2.05) is 19.1 Å². The number of carbonyl (C=O) groups excluding carboxylic acids is 1. The minimum absolute atomic E-state index is 0.204. The first kappa shape index (κ1) is 19.6. The van der Waals surface area contributed by atoms with Crippen LogP contribution < -0.4 is 0 Å². The van der Waals surface area contributed by atoms with Gasteiger partial charge in [-0.05, 0) is 44.4 Å². The molecule has 1 aliphatic rings. The molecule has 0 unspecified atom stereocenters. The lowest BCUT2D eigenvalue weighted by Crippen LogP contribution is -2.33. The summed E-state index contributed by atoms with van der Waals surface area (Å²) in [5, 5.41) is 0. The zero-order valence-electron chi connectivity index (χ0n) is 16.9. The third kappa shape index (κ3) is 4.40. The number of aryl methyl sites for hydroxylation is 1. The van der Waals surface area contributed by atoms with E-state index < -0.39 is 0 Å². The predicted molar refractivity (Wildman–Crippen MR) is 110 cm³/mol. The van der Waals surface area contributed by atoms with E-state index in [9.17, 15) is 4.79 Å². The Hall–Kier alpha value is -2.17. The molecule has 2 aromatic rings. The molecule has 144 valence electrons. The van der Waals surface area contributed by atoms with Crippen molar-refractivity contribution in [2.45, 2.75) is 33.2 Å². The van der Waals surface area contributed by atoms with E-state index in [-0.39, 0.29) is 11.8 Å². The van der Waals surface area contributed by atoms with Gasteiger partial charge in [-0.25, -0.2) is 0 Å². The summed E-state index contributed by atoms with van der Waals surface area (Å²) in [5.74, 6) is 0.204. The first-order valence-corrected chi connectivity index (χ1v) is 9.68. The van der Waals surface area contributed by atoms with Gasteiger partial charge in [0.2, 0.25) is 0 Å². The molecule has 4 heteroatoms. The Morgan fingerprint density at radius 1 is 1.22 bits per heavy atom. The van der Waals surface area contributed by atoms with E-state index >= 15 is 0 Å². The summed E-state index contributed by atoms with van der Waals surface area (Å²) in [5.41, 5.74) is 5.67. The highest BCUT2D eigenvalue weighted by molar-refractivity contribution is 5.99. The maximum atomic E-state index is 12.9. The van der Waals surface area contributed by atoms with E-state index in [0.717, 1.165) is 36.5 Å². The van der Waals surface area contributed by atoms with Crippen molar-refractivity contribution in [2.24, 2.45) is 0 Å². The van der Waals surface area contributed by atoms with Crippen molar-refractivity contribution >= 4 is 11.4 Å². The minimum Gasteiger partial charge on any atom is -0.383 e. The van der Waals surface area contributed by atoms with Gasteiger partial charge in [0.05, 0.1) is 19.2 Å². The standard InChI is InChI=1S/C23H30N2O2/c1-17-14-22(19(3)25(17)18(2)16-27-4)23(26)15-24-12-10-21(11-13-24)20-8-6-5-7-9-20/h5-10,14,18H,11-13,15-16H2,1-4H3/t18-/m1/s1. The molecule has 0 saturated heterocycles. The van der Waals surface area contributed by atoms with E-state index in [1.165, 1.54) is 11.1 Å². The molecule has 27 heavy (non-hydrogen) atoms. The number of aromatic nitrogens is 1. The zero-order chi connectivity index (χ0) is 19.4. The number of nitrogens with zero attached hydrogens (tertiary/aromatic N) is 2. The van der Waals surface area contributed by atoms with E-state index in [2.05, 4.69) is 53.7 Å². The Bertz CT molecular complexity index is 820. The molecule has 1 atom stereocenters. The number of ether oxygens (including phenoxy) is 1. The summed E-state index contributed by atoms with van der Waals surface area (Å²) in [6.07, 6.45) is 3.25. The minimum atomic E-state index is 0.204. The largest absolute Gasteiger partial charge is 0.383 e. The third-order valence-corrected chi connectivity index (χ3v) is 5.44. The second-order valence-electron chi connectivity index (χ2n) is 7.46. The highest BCUT2D eigenvalue weighted by atomic mass is 16.5. The van der Waals surface area contributed by atoms with Gasteiger partial charge >= 0.3 is 0 Å². The van der Waals surface area contributed by atoms with Crippen molar-refractivity contribution < 1.29 is 9.53 Å². The molecule has 1 aromatic carbocycles. The van der Waals surface area contributed by atoms with Crippen LogP contribution in [0, 0.1) is 13.8 Å². The summed E-state index contributed by atoms with van der Waals surface area (Å²) in [4.78, 5) is 15.2. The van der Waals surface area contributed by atoms with Gasteiger partial charge in [0, 0.05) is 37.2 Å². The summed E-state index contributed by atoms with van der Waals surface area (Å²) < 4.78 is 7.49. The average Bonchev–Trinajstić information content (AvgIpc) is 2.97. The second kappa shape index (κ2) is 8.68. The fourth-order valence-electron chi connectivity index (χ4n) is 4.11. The maximum Gasteiger partial charge on any atom is 0.178 e. The molecule has 0 aliphatic carbocycles. The first-order valence-electron chi connectivity index (χ1n) is 9.68. The van der Waals surface area contributed by atoms with Crippen LogP contribution in [-0.4, -0.2) is 48.6 Å². The van der Waals surface area contributed by atoms with Gasteiger partial charge in [0.1, 0.15) is 0 Å². The molecule has 3 rings (SSSR count). The van der Waals surface area contributed by atoms with Crippen LogP contribution in [0.2, 0.25) is 0 Å². The Balaban J connectivity index is 1.67. The van der Waals surface area contributed by atoms with Crippen LogP contribution in [0.4, 0.5) is 0 Å². The molecule has 1 aliphatic heterocycles. The number of benzene rings is 1. The number of ketones is 1. The Morgan fingerprint density at radius 3 is 2.59 bits per heavy atom. The summed E-state index contributed by atoms with van der Waals surface area (Å²) in [6, 6.07) is 12.8. The van der Waals surface area contributed by atoms with Crippen LogP contribution in [0.5, 0.6) is 0 Å². The van der Waals surface area contributed by atoms with Crippen molar-refractivity contribution in [3.05, 3.63) is 65.0 Å². The number of hydrogen-bond acceptors (Lipinski definition) is 3. The highest BCUT2D eigenvalue weighted by Gasteiger charge is 2.21. The normalized spacial score (nSPS) is 16.2. The van der Waals surface area contributed by atoms with Gasteiger partial charge in [0.15, 0.2) is 5.78 Å². The lowest BCUT2D eigenvalue weighted by molar-refractivity contribution is 0.0936. The van der Waals surface area contributed by atoms with Crippen LogP contribution in [0.3, 0.4) is 0 Å². The number of rotatable bonds is 7. The van der Waals surface area contributed by atoms with Gasteiger partial charge in [-0.3, -0.25) is 9.69 Å². The lowest BCUT2D eigenvalue weighted by atomic mass is 9.99. The molecule has 0 amide bonds. The fraction of sp³-hybridized carbons (Fsp3) is 0.435. The van der Waals surface area contributed by atoms with Gasteiger partial charge < -0.3 is 9.30 Å². The Kier molecular flexibility index (Phi) is 6.30. The van der Waals surface area contributed by atoms with E-state index in [1.54, 1.807) is 7.11 Å². The number of carbonyl (C=O) groups is 1. The Morgan fingerprint density at radius 2 is 1.96 bits per heavy atom. The van der Waals surface area contributed by atoms with Crippen molar-refractivity contribution in [3.63, 3.8) is 0 Å². The van der Waals surface area contributed by atoms with Gasteiger partial charge in [0.25, 0.3) is 0 Å². The van der Waals surface area contributed by atoms with Crippen LogP contribution in [-0.2, 0) is 4.74 Å². The molecule has 0 spiro atoms. The second-order valence-corrected chi connectivity index (χ2v) is 7.46. The van der Waals surface area contributed by atoms with E-state index in [4.69, 9.17) is 4.74 Å². The van der Waals surface area contributed by atoms with Crippen molar-refractivity contribution in [1.82, 2.24) is 9.47 Å². The number of hydrogen-bond donors (Lipinski definition) is 0. The van der Waals surface area contributed by atoms with Crippen molar-refractivity contribution in [3.8, 4) is 0 Å².